The standard InChI is InChI=1S/C20H28ClN3O3.C17H19ClF3N3O2/c1-13(2)12-26-17-8-7-16(21)10-15(17)11-24-14(3)9-18(23-24)22-19(25)27-20(4,5)6;1-10(2)9-26-14-5-4-13(18)7-12(14)8-24-11(3)6-15(23-24)22-16(25)17(19,20)21/h7-10,13H,11-12H2,1-6H3,(H,22,23,25);4-7,10H,8-9H2,1-3H3,(H,22,23,25). The average molecular weight is 784 g/mol. The Labute approximate surface area is 318 Å². The second kappa shape index (κ2) is 18.6. The molecule has 2 aromatic heterocycles. The van der Waals surface area contributed by atoms with Gasteiger partial charge < -0.3 is 19.5 Å². The van der Waals surface area contributed by atoms with E-state index in [0.717, 1.165) is 22.6 Å². The molecule has 0 saturated carbocycles. The average Bonchev–Trinajstić information content (AvgIpc) is 3.54. The molecule has 2 heterocycles. The van der Waals surface area contributed by atoms with Crippen molar-refractivity contribution in [2.75, 3.05) is 23.8 Å². The Kier molecular flexibility index (Phi) is 15.0. The molecule has 0 spiro atoms. The normalized spacial score (nSPS) is 11.6. The van der Waals surface area contributed by atoms with Crippen LogP contribution in [-0.4, -0.2) is 56.6 Å². The summed E-state index contributed by atoms with van der Waals surface area (Å²) in [5, 5.41) is 14.0. The van der Waals surface area contributed by atoms with E-state index in [1.807, 2.05) is 59.7 Å². The summed E-state index contributed by atoms with van der Waals surface area (Å²) in [6.45, 7) is 19.1. The van der Waals surface area contributed by atoms with Crippen molar-refractivity contribution in [2.45, 2.75) is 87.2 Å². The van der Waals surface area contributed by atoms with Crippen molar-refractivity contribution in [1.82, 2.24) is 19.6 Å². The number of anilines is 2. The van der Waals surface area contributed by atoms with Crippen molar-refractivity contribution in [3.63, 3.8) is 0 Å². The maximum absolute atomic E-state index is 12.4. The molecule has 0 saturated heterocycles. The molecule has 0 unspecified atom stereocenters. The third-order valence-corrected chi connectivity index (χ3v) is 7.39. The molecule has 11 nitrogen and oxygen atoms in total. The number of halogens is 5. The predicted molar refractivity (Wildman–Crippen MR) is 200 cm³/mol. The Morgan fingerprint density at radius 3 is 1.53 bits per heavy atom. The van der Waals surface area contributed by atoms with Gasteiger partial charge >= 0.3 is 18.2 Å². The van der Waals surface area contributed by atoms with Gasteiger partial charge in [0.2, 0.25) is 0 Å². The monoisotopic (exact) mass is 782 g/mol. The van der Waals surface area contributed by atoms with E-state index in [1.54, 1.807) is 41.2 Å². The highest BCUT2D eigenvalue weighted by molar-refractivity contribution is 6.31. The molecule has 0 fully saturated rings. The van der Waals surface area contributed by atoms with Crippen molar-refractivity contribution in [1.29, 1.82) is 0 Å². The second-order valence-corrected chi connectivity index (χ2v) is 15.0. The topological polar surface area (TPSA) is 122 Å². The van der Waals surface area contributed by atoms with Crippen molar-refractivity contribution < 1.29 is 37.0 Å². The lowest BCUT2D eigenvalue weighted by atomic mass is 10.2. The Morgan fingerprint density at radius 1 is 0.736 bits per heavy atom. The first kappa shape index (κ1) is 43.0. The fourth-order valence-electron chi connectivity index (χ4n) is 4.52. The summed E-state index contributed by atoms with van der Waals surface area (Å²) < 4.78 is 57.3. The molecule has 290 valence electrons. The molecule has 0 aliphatic carbocycles. The van der Waals surface area contributed by atoms with Crippen LogP contribution < -0.4 is 20.1 Å². The zero-order chi connectivity index (χ0) is 39.7. The lowest BCUT2D eigenvalue weighted by Gasteiger charge is -2.19. The summed E-state index contributed by atoms with van der Waals surface area (Å²) >= 11 is 12.2. The summed E-state index contributed by atoms with van der Waals surface area (Å²) in [6.07, 6.45) is -5.50. The first-order valence-corrected chi connectivity index (χ1v) is 17.6. The van der Waals surface area contributed by atoms with Crippen LogP contribution in [0.25, 0.3) is 0 Å². The summed E-state index contributed by atoms with van der Waals surface area (Å²) in [6, 6.07) is 13.9. The quantitative estimate of drug-likeness (QED) is 0.147. The number of alkyl halides is 3. The number of carbonyl (C=O) groups is 2. The highest BCUT2D eigenvalue weighted by Gasteiger charge is 2.39. The molecule has 4 aromatic rings. The number of amides is 2. The number of carbonyl (C=O) groups excluding carboxylic acids is 2. The maximum atomic E-state index is 12.4. The molecule has 16 heteroatoms. The zero-order valence-corrected chi connectivity index (χ0v) is 32.8. The fourth-order valence-corrected chi connectivity index (χ4v) is 4.91. The second-order valence-electron chi connectivity index (χ2n) is 14.1. The molecular weight excluding hydrogens is 736 g/mol. The Balaban J connectivity index is 0.000000286. The molecule has 0 aliphatic rings. The number of nitrogens with zero attached hydrogens (tertiary/aromatic N) is 4. The van der Waals surface area contributed by atoms with Gasteiger partial charge in [0.15, 0.2) is 11.6 Å². The number of aromatic nitrogens is 4. The molecule has 2 aromatic carbocycles. The van der Waals surface area contributed by atoms with Crippen LogP contribution in [0, 0.1) is 25.7 Å². The van der Waals surface area contributed by atoms with Gasteiger partial charge in [-0.1, -0.05) is 50.9 Å². The van der Waals surface area contributed by atoms with Gasteiger partial charge in [0.25, 0.3) is 0 Å². The Morgan fingerprint density at radius 2 is 1.15 bits per heavy atom. The van der Waals surface area contributed by atoms with Crippen LogP contribution in [0.15, 0.2) is 48.5 Å². The Bertz CT molecular complexity index is 1850. The summed E-state index contributed by atoms with van der Waals surface area (Å²) in [5.74, 6) is 0.359. The van der Waals surface area contributed by atoms with Crippen molar-refractivity contribution in [3.05, 3.63) is 81.1 Å². The SMILES string of the molecule is Cc1cc(NC(=O)C(F)(F)F)nn1Cc1cc(Cl)ccc1OCC(C)C.Cc1cc(NC(=O)OC(C)(C)C)nn1Cc1cc(Cl)ccc1OCC(C)C. The van der Waals surface area contributed by atoms with E-state index in [0.29, 0.717) is 58.9 Å². The van der Waals surface area contributed by atoms with E-state index in [4.69, 9.17) is 37.4 Å². The third-order valence-electron chi connectivity index (χ3n) is 6.92. The van der Waals surface area contributed by atoms with E-state index >= 15 is 0 Å². The van der Waals surface area contributed by atoms with Crippen LogP contribution in [0.3, 0.4) is 0 Å². The van der Waals surface area contributed by atoms with Gasteiger partial charge in [-0.2, -0.15) is 23.4 Å². The van der Waals surface area contributed by atoms with Gasteiger partial charge in [0.05, 0.1) is 26.3 Å². The summed E-state index contributed by atoms with van der Waals surface area (Å²) in [7, 11) is 0. The number of hydrogen-bond donors (Lipinski definition) is 2. The first-order valence-electron chi connectivity index (χ1n) is 16.9. The van der Waals surface area contributed by atoms with Crippen LogP contribution in [0.5, 0.6) is 11.5 Å². The van der Waals surface area contributed by atoms with Gasteiger partial charge in [-0.15, -0.1) is 0 Å². The Hall–Kier alpha value is -4.43. The van der Waals surface area contributed by atoms with E-state index in [2.05, 4.69) is 29.4 Å². The largest absolute Gasteiger partial charge is 0.493 e. The van der Waals surface area contributed by atoms with E-state index in [9.17, 15) is 22.8 Å². The number of ether oxygens (including phenoxy) is 3. The lowest BCUT2D eigenvalue weighted by Crippen LogP contribution is -2.30. The minimum absolute atomic E-state index is 0.170. The van der Waals surface area contributed by atoms with E-state index in [1.165, 1.54) is 10.7 Å². The smallest absolute Gasteiger partial charge is 0.471 e. The van der Waals surface area contributed by atoms with Crippen LogP contribution in [-0.2, 0) is 22.6 Å². The molecule has 0 bridgehead atoms. The lowest BCUT2D eigenvalue weighted by molar-refractivity contribution is -0.167. The van der Waals surface area contributed by atoms with Gasteiger partial charge in [-0.3, -0.25) is 19.5 Å². The number of nitrogens with one attached hydrogen (secondary N) is 2. The van der Waals surface area contributed by atoms with Crippen LogP contribution in [0.4, 0.5) is 29.6 Å². The third kappa shape index (κ3) is 14.5. The van der Waals surface area contributed by atoms with Crippen LogP contribution in [0.2, 0.25) is 10.0 Å². The molecule has 53 heavy (non-hydrogen) atoms. The highest BCUT2D eigenvalue weighted by atomic mass is 35.5. The number of rotatable bonds is 12. The molecular formula is C37H47Cl2F3N6O5. The van der Waals surface area contributed by atoms with E-state index < -0.39 is 23.8 Å². The molecule has 4 rings (SSSR count). The van der Waals surface area contributed by atoms with Gasteiger partial charge in [0.1, 0.15) is 17.1 Å². The van der Waals surface area contributed by atoms with Crippen LogP contribution >= 0.6 is 23.2 Å². The molecule has 2 N–H and O–H groups in total. The summed E-state index contributed by atoms with van der Waals surface area (Å²) in [5.41, 5.74) is 2.58. The van der Waals surface area contributed by atoms with Crippen LogP contribution in [0.1, 0.15) is 71.0 Å². The molecule has 0 aliphatic heterocycles. The minimum Gasteiger partial charge on any atom is -0.493 e. The van der Waals surface area contributed by atoms with Crippen molar-refractivity contribution >= 4 is 46.8 Å². The maximum Gasteiger partial charge on any atom is 0.471 e. The number of aryl methyl sites for hydroxylation is 2. The predicted octanol–water partition coefficient (Wildman–Crippen LogP) is 9.70. The number of hydrogen-bond acceptors (Lipinski definition) is 7. The van der Waals surface area contributed by atoms with Gasteiger partial charge in [-0.25, -0.2) is 4.79 Å². The summed E-state index contributed by atoms with van der Waals surface area (Å²) in [4.78, 5) is 23.0. The number of benzene rings is 2. The van der Waals surface area contributed by atoms with Crippen molar-refractivity contribution in [2.24, 2.45) is 11.8 Å². The molecule has 0 radical (unpaired) electrons. The molecule has 0 atom stereocenters. The molecule has 2 amide bonds. The van der Waals surface area contributed by atoms with Crippen molar-refractivity contribution in [3.8, 4) is 11.5 Å². The minimum atomic E-state index is -4.97. The zero-order valence-electron chi connectivity index (χ0n) is 31.3. The van der Waals surface area contributed by atoms with Gasteiger partial charge in [-0.05, 0) is 82.9 Å². The first-order chi connectivity index (χ1) is 24.6. The van der Waals surface area contributed by atoms with E-state index in [-0.39, 0.29) is 12.4 Å². The van der Waals surface area contributed by atoms with Gasteiger partial charge in [0, 0.05) is 44.7 Å². The fraction of sp³-hybridized carbons (Fsp3) is 0.459. The highest BCUT2D eigenvalue weighted by Crippen LogP contribution is 2.27.